The molecule has 0 atom stereocenters. The van der Waals surface area contributed by atoms with Crippen LogP contribution in [-0.2, 0) is 19.1 Å². The van der Waals surface area contributed by atoms with Gasteiger partial charge in [-0.15, -0.1) is 0 Å². The number of hydrogen-bond acceptors (Lipinski definition) is 4. The number of hydrogen-bond donors (Lipinski definition) is 0. The molecule has 0 saturated carbocycles. The minimum absolute atomic E-state index is 0.135. The SMILES string of the molecule is CC(C)C(=O)OCC(C)(C)COC(=O)C(C)C. The summed E-state index contributed by atoms with van der Waals surface area (Å²) in [4.78, 5) is 22.6. The third-order valence-electron chi connectivity index (χ3n) is 2.15. The quantitative estimate of drug-likeness (QED) is 0.673. The number of carbonyl (C=O) groups is 2. The predicted molar refractivity (Wildman–Crippen MR) is 65.4 cm³/mol. The zero-order valence-electron chi connectivity index (χ0n) is 11.7. The molecule has 0 rings (SSSR count). The van der Waals surface area contributed by atoms with Crippen LogP contribution in [0.2, 0.25) is 0 Å². The molecule has 0 spiro atoms. The second-order valence-electron chi connectivity index (χ2n) is 5.69. The van der Waals surface area contributed by atoms with Crippen molar-refractivity contribution in [2.24, 2.45) is 17.3 Å². The van der Waals surface area contributed by atoms with E-state index in [0.29, 0.717) is 0 Å². The Kier molecular flexibility index (Phi) is 6.21. The minimum Gasteiger partial charge on any atom is -0.465 e. The summed E-state index contributed by atoms with van der Waals surface area (Å²) in [6.07, 6.45) is 0. The maximum Gasteiger partial charge on any atom is 0.308 e. The van der Waals surface area contributed by atoms with Crippen molar-refractivity contribution in [3.63, 3.8) is 0 Å². The molecule has 4 heteroatoms. The average molecular weight is 244 g/mol. The Balaban J connectivity index is 4.04. The van der Waals surface area contributed by atoms with Crippen LogP contribution in [0.4, 0.5) is 0 Å². The van der Waals surface area contributed by atoms with Crippen LogP contribution in [0.3, 0.4) is 0 Å². The Morgan fingerprint density at radius 3 is 1.41 bits per heavy atom. The summed E-state index contributed by atoms with van der Waals surface area (Å²) in [6, 6.07) is 0. The van der Waals surface area contributed by atoms with Gasteiger partial charge in [-0.25, -0.2) is 0 Å². The van der Waals surface area contributed by atoms with E-state index >= 15 is 0 Å². The van der Waals surface area contributed by atoms with Crippen molar-refractivity contribution < 1.29 is 19.1 Å². The van der Waals surface area contributed by atoms with E-state index in [-0.39, 0.29) is 42.4 Å². The molecule has 0 N–H and O–H groups in total. The molecule has 0 aliphatic heterocycles. The Labute approximate surface area is 104 Å². The summed E-state index contributed by atoms with van der Waals surface area (Å²) in [7, 11) is 0. The first-order valence-corrected chi connectivity index (χ1v) is 5.99. The molecule has 0 unspecified atom stereocenters. The molecule has 0 aromatic heterocycles. The lowest BCUT2D eigenvalue weighted by Crippen LogP contribution is -2.30. The molecule has 0 saturated heterocycles. The van der Waals surface area contributed by atoms with Crippen LogP contribution in [0.15, 0.2) is 0 Å². The van der Waals surface area contributed by atoms with Gasteiger partial charge in [0.05, 0.1) is 25.0 Å². The first-order valence-electron chi connectivity index (χ1n) is 5.99. The van der Waals surface area contributed by atoms with Crippen molar-refractivity contribution in [3.05, 3.63) is 0 Å². The van der Waals surface area contributed by atoms with Gasteiger partial charge in [-0.05, 0) is 0 Å². The molecule has 0 heterocycles. The topological polar surface area (TPSA) is 52.6 Å². The molecule has 0 aromatic rings. The van der Waals surface area contributed by atoms with Crippen LogP contribution in [0, 0.1) is 17.3 Å². The van der Waals surface area contributed by atoms with Gasteiger partial charge in [-0.1, -0.05) is 41.5 Å². The minimum atomic E-state index is -0.352. The Hall–Kier alpha value is -1.06. The van der Waals surface area contributed by atoms with Gasteiger partial charge in [0, 0.05) is 5.41 Å². The summed E-state index contributed by atoms with van der Waals surface area (Å²) < 4.78 is 10.3. The normalized spacial score (nSPS) is 11.8. The average Bonchev–Trinajstić information content (AvgIpc) is 2.22. The largest absolute Gasteiger partial charge is 0.465 e. The fourth-order valence-corrected chi connectivity index (χ4v) is 0.908. The van der Waals surface area contributed by atoms with Crippen molar-refractivity contribution in [3.8, 4) is 0 Å². The summed E-state index contributed by atoms with van der Waals surface area (Å²) >= 11 is 0. The molecule has 0 aromatic carbocycles. The highest BCUT2D eigenvalue weighted by atomic mass is 16.5. The van der Waals surface area contributed by atoms with Crippen molar-refractivity contribution >= 4 is 11.9 Å². The van der Waals surface area contributed by atoms with E-state index in [1.54, 1.807) is 27.7 Å². The lowest BCUT2D eigenvalue weighted by Gasteiger charge is -2.24. The zero-order valence-corrected chi connectivity index (χ0v) is 11.7. The van der Waals surface area contributed by atoms with Gasteiger partial charge in [0.15, 0.2) is 0 Å². The molecular weight excluding hydrogens is 220 g/mol. The van der Waals surface area contributed by atoms with E-state index in [9.17, 15) is 9.59 Å². The summed E-state index contributed by atoms with van der Waals surface area (Å²) in [5, 5.41) is 0. The van der Waals surface area contributed by atoms with Gasteiger partial charge >= 0.3 is 11.9 Å². The molecule has 100 valence electrons. The summed E-state index contributed by atoms with van der Waals surface area (Å²) in [5.74, 6) is -0.727. The fourth-order valence-electron chi connectivity index (χ4n) is 0.908. The molecule has 0 aliphatic carbocycles. The van der Waals surface area contributed by atoms with Gasteiger partial charge in [0.2, 0.25) is 0 Å². The predicted octanol–water partition coefficient (Wildman–Crippen LogP) is 2.41. The van der Waals surface area contributed by atoms with Gasteiger partial charge in [-0.3, -0.25) is 9.59 Å². The van der Waals surface area contributed by atoms with E-state index in [1.807, 2.05) is 13.8 Å². The monoisotopic (exact) mass is 244 g/mol. The van der Waals surface area contributed by atoms with Gasteiger partial charge in [-0.2, -0.15) is 0 Å². The van der Waals surface area contributed by atoms with Crippen LogP contribution in [0.5, 0.6) is 0 Å². The van der Waals surface area contributed by atoms with E-state index in [1.165, 1.54) is 0 Å². The van der Waals surface area contributed by atoms with Crippen LogP contribution in [0.1, 0.15) is 41.5 Å². The highest BCUT2D eigenvalue weighted by Gasteiger charge is 2.24. The smallest absolute Gasteiger partial charge is 0.308 e. The number of rotatable bonds is 6. The Morgan fingerprint density at radius 1 is 0.882 bits per heavy atom. The summed E-state index contributed by atoms with van der Waals surface area (Å²) in [5.41, 5.74) is -0.352. The molecular formula is C13H24O4. The third-order valence-corrected chi connectivity index (χ3v) is 2.15. The highest BCUT2D eigenvalue weighted by Crippen LogP contribution is 2.17. The van der Waals surface area contributed by atoms with E-state index in [2.05, 4.69) is 0 Å². The first-order chi connectivity index (χ1) is 7.65. The number of carbonyl (C=O) groups excluding carboxylic acids is 2. The maximum absolute atomic E-state index is 11.3. The van der Waals surface area contributed by atoms with Gasteiger partial charge in [0.25, 0.3) is 0 Å². The van der Waals surface area contributed by atoms with Gasteiger partial charge in [0.1, 0.15) is 0 Å². The lowest BCUT2D eigenvalue weighted by molar-refractivity contribution is -0.156. The molecule has 0 radical (unpaired) electrons. The van der Waals surface area contributed by atoms with Crippen LogP contribution < -0.4 is 0 Å². The lowest BCUT2D eigenvalue weighted by atomic mass is 9.96. The Bertz CT molecular complexity index is 241. The molecule has 0 aliphatic rings. The van der Waals surface area contributed by atoms with E-state index in [0.717, 1.165) is 0 Å². The van der Waals surface area contributed by atoms with E-state index < -0.39 is 0 Å². The molecule has 0 bridgehead atoms. The summed E-state index contributed by atoms with van der Waals surface area (Å²) in [6.45, 7) is 11.5. The van der Waals surface area contributed by atoms with Crippen molar-refractivity contribution in [2.45, 2.75) is 41.5 Å². The number of esters is 2. The van der Waals surface area contributed by atoms with E-state index in [4.69, 9.17) is 9.47 Å². The zero-order chi connectivity index (χ0) is 13.6. The molecule has 0 amide bonds. The standard InChI is InChI=1S/C13H24O4/c1-9(2)11(14)16-7-13(5,6)8-17-12(15)10(3)4/h9-10H,7-8H2,1-6H3. The highest BCUT2D eigenvalue weighted by molar-refractivity contribution is 5.72. The van der Waals surface area contributed by atoms with Crippen molar-refractivity contribution in [2.75, 3.05) is 13.2 Å². The third kappa shape index (κ3) is 6.97. The van der Waals surface area contributed by atoms with Crippen molar-refractivity contribution in [1.82, 2.24) is 0 Å². The molecule has 17 heavy (non-hydrogen) atoms. The second kappa shape index (κ2) is 6.62. The second-order valence-corrected chi connectivity index (χ2v) is 5.69. The van der Waals surface area contributed by atoms with Crippen LogP contribution >= 0.6 is 0 Å². The first kappa shape index (κ1) is 15.9. The maximum atomic E-state index is 11.3. The fraction of sp³-hybridized carbons (Fsp3) is 0.846. The number of ether oxygens (including phenoxy) is 2. The van der Waals surface area contributed by atoms with Crippen molar-refractivity contribution in [1.29, 1.82) is 0 Å². The van der Waals surface area contributed by atoms with Crippen LogP contribution in [0.25, 0.3) is 0 Å². The molecule has 4 nitrogen and oxygen atoms in total. The molecule has 0 fully saturated rings. The van der Waals surface area contributed by atoms with Gasteiger partial charge < -0.3 is 9.47 Å². The Morgan fingerprint density at radius 2 is 1.18 bits per heavy atom. The van der Waals surface area contributed by atoms with Crippen LogP contribution in [-0.4, -0.2) is 25.2 Å².